The minimum absolute atomic E-state index is 0.0329. The van der Waals surface area contributed by atoms with Crippen molar-refractivity contribution < 1.29 is 18.0 Å². The van der Waals surface area contributed by atoms with Crippen LogP contribution in [0.3, 0.4) is 0 Å². The molecule has 0 N–H and O–H groups in total. The van der Waals surface area contributed by atoms with E-state index in [0.29, 0.717) is 6.20 Å². The van der Waals surface area contributed by atoms with Gasteiger partial charge < -0.3 is 0 Å². The molecule has 0 aliphatic heterocycles. The topological polar surface area (TPSA) is 30.0 Å². The van der Waals surface area contributed by atoms with E-state index in [0.717, 1.165) is 6.07 Å². The number of carbonyl (C=O) groups excluding carboxylic acids is 1. The van der Waals surface area contributed by atoms with Gasteiger partial charge in [0.2, 0.25) is 0 Å². The third-order valence-corrected chi connectivity index (χ3v) is 2.36. The van der Waals surface area contributed by atoms with Crippen molar-refractivity contribution in [1.29, 1.82) is 0 Å². The van der Waals surface area contributed by atoms with Crippen molar-refractivity contribution in [3.05, 3.63) is 28.0 Å². The molecule has 1 heterocycles. The maximum absolute atomic E-state index is 12.2. The number of Topliss-reactive ketones (excluding diaryl/α,β-unsaturated/α-hetero) is 1. The number of alkyl halides is 3. The highest BCUT2D eigenvalue weighted by molar-refractivity contribution is 9.10. The molecular formula is C9H7BrF3NO. The van der Waals surface area contributed by atoms with Crippen LogP contribution in [-0.2, 0) is 6.18 Å². The third kappa shape index (κ3) is 2.77. The zero-order valence-corrected chi connectivity index (χ0v) is 9.32. The first-order chi connectivity index (χ1) is 6.86. The van der Waals surface area contributed by atoms with Crippen LogP contribution in [0.4, 0.5) is 13.2 Å². The summed E-state index contributed by atoms with van der Waals surface area (Å²) < 4.78 is 36.8. The van der Waals surface area contributed by atoms with Crippen molar-refractivity contribution in [2.45, 2.75) is 19.5 Å². The Morgan fingerprint density at radius 1 is 1.53 bits per heavy atom. The molecule has 1 aromatic heterocycles. The monoisotopic (exact) mass is 281 g/mol. The molecule has 0 aromatic carbocycles. The summed E-state index contributed by atoms with van der Waals surface area (Å²) in [5.74, 6) is -0.296. The molecule has 82 valence electrons. The Hall–Kier alpha value is -0.910. The van der Waals surface area contributed by atoms with Crippen molar-refractivity contribution in [3.63, 3.8) is 0 Å². The molecule has 0 saturated carbocycles. The van der Waals surface area contributed by atoms with Gasteiger partial charge in [-0.25, -0.2) is 0 Å². The van der Waals surface area contributed by atoms with Gasteiger partial charge in [0.1, 0.15) is 5.69 Å². The van der Waals surface area contributed by atoms with Gasteiger partial charge in [-0.05, 0) is 22.0 Å². The molecule has 0 atom stereocenters. The number of aromatic nitrogens is 1. The Morgan fingerprint density at radius 3 is 2.53 bits per heavy atom. The van der Waals surface area contributed by atoms with Crippen LogP contribution in [-0.4, -0.2) is 10.8 Å². The van der Waals surface area contributed by atoms with Crippen LogP contribution in [0.1, 0.15) is 29.4 Å². The number of halogens is 4. The maximum atomic E-state index is 12.2. The summed E-state index contributed by atoms with van der Waals surface area (Å²) in [6, 6.07) is 0.857. The predicted octanol–water partition coefficient (Wildman–Crippen LogP) is 3.46. The normalized spacial score (nSPS) is 11.5. The van der Waals surface area contributed by atoms with Crippen LogP contribution in [0.15, 0.2) is 16.7 Å². The van der Waals surface area contributed by atoms with Crippen LogP contribution >= 0.6 is 15.9 Å². The maximum Gasteiger partial charge on any atom is 0.417 e. The van der Waals surface area contributed by atoms with E-state index in [9.17, 15) is 18.0 Å². The summed E-state index contributed by atoms with van der Waals surface area (Å²) >= 11 is 2.90. The van der Waals surface area contributed by atoms with Crippen LogP contribution in [0.2, 0.25) is 0 Å². The zero-order valence-electron chi connectivity index (χ0n) is 7.73. The molecule has 0 saturated heterocycles. The van der Waals surface area contributed by atoms with E-state index in [-0.39, 0.29) is 22.4 Å². The lowest BCUT2D eigenvalue weighted by Gasteiger charge is -2.07. The highest BCUT2D eigenvalue weighted by Gasteiger charge is 2.31. The molecule has 0 spiro atoms. The number of pyridine rings is 1. The second-order valence-electron chi connectivity index (χ2n) is 2.83. The summed E-state index contributed by atoms with van der Waals surface area (Å²) in [6.45, 7) is 1.62. The van der Waals surface area contributed by atoms with Gasteiger partial charge in [0.05, 0.1) is 5.56 Å². The fraction of sp³-hybridized carbons (Fsp3) is 0.333. The molecule has 0 amide bonds. The minimum atomic E-state index is -4.44. The SMILES string of the molecule is CCC(=O)c1ncc(C(F)(F)F)cc1Br. The van der Waals surface area contributed by atoms with Gasteiger partial charge in [0.15, 0.2) is 5.78 Å². The highest BCUT2D eigenvalue weighted by atomic mass is 79.9. The molecule has 0 unspecified atom stereocenters. The van der Waals surface area contributed by atoms with Gasteiger partial charge in [-0.2, -0.15) is 13.2 Å². The van der Waals surface area contributed by atoms with Crippen molar-refractivity contribution in [2.75, 3.05) is 0 Å². The van der Waals surface area contributed by atoms with Crippen molar-refractivity contribution in [3.8, 4) is 0 Å². The molecule has 0 fully saturated rings. The van der Waals surface area contributed by atoms with Gasteiger partial charge in [-0.3, -0.25) is 9.78 Å². The van der Waals surface area contributed by atoms with Crippen LogP contribution in [0.25, 0.3) is 0 Å². The molecule has 0 aliphatic rings. The largest absolute Gasteiger partial charge is 0.417 e. The molecule has 0 aliphatic carbocycles. The quantitative estimate of drug-likeness (QED) is 0.777. The lowest BCUT2D eigenvalue weighted by Crippen LogP contribution is -2.09. The Bertz CT molecular complexity index is 389. The number of hydrogen-bond donors (Lipinski definition) is 0. The van der Waals surface area contributed by atoms with Gasteiger partial charge in [-0.1, -0.05) is 6.92 Å². The second-order valence-corrected chi connectivity index (χ2v) is 3.68. The second kappa shape index (κ2) is 4.30. The zero-order chi connectivity index (χ0) is 11.6. The molecule has 0 radical (unpaired) electrons. The van der Waals surface area contributed by atoms with Crippen LogP contribution in [0.5, 0.6) is 0 Å². The number of carbonyl (C=O) groups is 1. The summed E-state index contributed by atoms with van der Waals surface area (Å²) in [6.07, 6.45) is -3.58. The van der Waals surface area contributed by atoms with E-state index >= 15 is 0 Å². The van der Waals surface area contributed by atoms with Crippen molar-refractivity contribution in [2.24, 2.45) is 0 Å². The average Bonchev–Trinajstić information content (AvgIpc) is 2.15. The summed E-state index contributed by atoms with van der Waals surface area (Å²) in [4.78, 5) is 14.7. The van der Waals surface area contributed by atoms with E-state index in [1.165, 1.54) is 0 Å². The Morgan fingerprint density at radius 2 is 2.13 bits per heavy atom. The molecule has 0 bridgehead atoms. The first-order valence-electron chi connectivity index (χ1n) is 4.12. The van der Waals surface area contributed by atoms with Crippen molar-refractivity contribution >= 4 is 21.7 Å². The molecule has 6 heteroatoms. The number of ketones is 1. The standard InChI is InChI=1S/C9H7BrF3NO/c1-2-7(15)8-6(10)3-5(4-14-8)9(11,12)13/h3-4H,2H2,1H3. The fourth-order valence-corrected chi connectivity index (χ4v) is 1.54. The molecular weight excluding hydrogens is 275 g/mol. The van der Waals surface area contributed by atoms with Gasteiger partial charge in [-0.15, -0.1) is 0 Å². The highest BCUT2D eigenvalue weighted by Crippen LogP contribution is 2.31. The van der Waals surface area contributed by atoms with Crippen LogP contribution in [0, 0.1) is 0 Å². The lowest BCUT2D eigenvalue weighted by molar-refractivity contribution is -0.137. The molecule has 2 nitrogen and oxygen atoms in total. The van der Waals surface area contributed by atoms with E-state index in [1.807, 2.05) is 0 Å². The number of rotatable bonds is 2. The van der Waals surface area contributed by atoms with Gasteiger partial charge in [0.25, 0.3) is 0 Å². The number of hydrogen-bond acceptors (Lipinski definition) is 2. The summed E-state index contributed by atoms with van der Waals surface area (Å²) in [7, 11) is 0. The Labute approximate surface area is 92.6 Å². The third-order valence-electron chi connectivity index (χ3n) is 1.75. The minimum Gasteiger partial charge on any atom is -0.292 e. The first-order valence-corrected chi connectivity index (χ1v) is 4.91. The predicted molar refractivity (Wildman–Crippen MR) is 51.6 cm³/mol. The van der Waals surface area contributed by atoms with E-state index in [4.69, 9.17) is 0 Å². The Balaban J connectivity index is 3.15. The molecule has 1 aromatic rings. The van der Waals surface area contributed by atoms with E-state index in [2.05, 4.69) is 20.9 Å². The van der Waals surface area contributed by atoms with Crippen LogP contribution < -0.4 is 0 Å². The summed E-state index contributed by atoms with van der Waals surface area (Å²) in [5, 5.41) is 0. The fourth-order valence-electron chi connectivity index (χ4n) is 0.966. The molecule has 15 heavy (non-hydrogen) atoms. The number of nitrogens with zero attached hydrogens (tertiary/aromatic N) is 1. The Kier molecular flexibility index (Phi) is 3.49. The van der Waals surface area contributed by atoms with Gasteiger partial charge in [0, 0.05) is 17.1 Å². The lowest BCUT2D eigenvalue weighted by atomic mass is 10.2. The van der Waals surface area contributed by atoms with Crippen molar-refractivity contribution in [1.82, 2.24) is 4.98 Å². The van der Waals surface area contributed by atoms with E-state index in [1.54, 1.807) is 6.92 Å². The molecule has 1 rings (SSSR count). The summed E-state index contributed by atoms with van der Waals surface area (Å²) in [5.41, 5.74) is -0.840. The first kappa shape index (κ1) is 12.2. The van der Waals surface area contributed by atoms with E-state index < -0.39 is 11.7 Å². The average molecular weight is 282 g/mol. The smallest absolute Gasteiger partial charge is 0.292 e. The van der Waals surface area contributed by atoms with Gasteiger partial charge >= 0.3 is 6.18 Å².